The minimum atomic E-state index is -0.672. The Kier molecular flexibility index (Phi) is 10.9. The second-order valence-corrected chi connectivity index (χ2v) is 7.56. The summed E-state index contributed by atoms with van der Waals surface area (Å²) in [5, 5.41) is 10.7. The summed E-state index contributed by atoms with van der Waals surface area (Å²) in [6.07, 6.45) is 1.86. The van der Waals surface area contributed by atoms with Crippen LogP contribution in [0.1, 0.15) is 26.0 Å². The molecule has 1 saturated heterocycles. The molecule has 168 valence electrons. The molecule has 0 spiro atoms. The molecule has 0 radical (unpaired) electrons. The number of carbonyl (C=O) groups is 4. The van der Waals surface area contributed by atoms with Crippen molar-refractivity contribution in [3.63, 3.8) is 0 Å². The molecule has 1 aliphatic heterocycles. The third kappa shape index (κ3) is 9.38. The first-order valence-electron chi connectivity index (χ1n) is 9.07. The van der Waals surface area contributed by atoms with Gasteiger partial charge in [-0.2, -0.15) is 11.8 Å². The van der Waals surface area contributed by atoms with Crippen LogP contribution in [0.15, 0.2) is 0 Å². The largest absolute Gasteiger partial charge is 0.468 e. The van der Waals surface area contributed by atoms with Crippen LogP contribution >= 0.6 is 11.8 Å². The lowest BCUT2D eigenvalue weighted by molar-refractivity contribution is -0.139. The van der Waals surface area contributed by atoms with E-state index in [0.29, 0.717) is 12.2 Å². The number of amides is 3. The highest BCUT2D eigenvalue weighted by atomic mass is 32.2. The number of hydrogen-bond acceptors (Lipinski definition) is 8. The van der Waals surface area contributed by atoms with Crippen LogP contribution in [0.4, 0.5) is 0 Å². The first-order valence-corrected chi connectivity index (χ1v) is 10.5. The smallest absolute Gasteiger partial charge is 0.319 e. The Labute approximate surface area is 175 Å². The zero-order chi connectivity index (χ0) is 21.1. The van der Waals surface area contributed by atoms with Crippen LogP contribution in [0.3, 0.4) is 0 Å². The van der Waals surface area contributed by atoms with E-state index in [2.05, 4.69) is 26.0 Å². The molecule has 1 heterocycles. The van der Waals surface area contributed by atoms with E-state index in [9.17, 15) is 19.2 Å². The van der Waals surface area contributed by atoms with E-state index >= 15 is 0 Å². The van der Waals surface area contributed by atoms with Crippen molar-refractivity contribution in [2.45, 2.75) is 38.6 Å². The molecule has 0 bridgehead atoms. The van der Waals surface area contributed by atoms with Gasteiger partial charge in [-0.15, -0.1) is 0 Å². The highest BCUT2D eigenvalue weighted by molar-refractivity contribution is 7.98. The van der Waals surface area contributed by atoms with Crippen molar-refractivity contribution in [3.05, 3.63) is 0 Å². The van der Waals surface area contributed by atoms with Crippen molar-refractivity contribution >= 4 is 35.5 Å². The van der Waals surface area contributed by atoms with Gasteiger partial charge in [0.2, 0.25) is 17.7 Å². The van der Waals surface area contributed by atoms with Crippen molar-refractivity contribution in [1.29, 1.82) is 0 Å². The minimum absolute atomic E-state index is 0. The van der Waals surface area contributed by atoms with Gasteiger partial charge >= 0.3 is 5.97 Å². The lowest BCUT2D eigenvalue weighted by Crippen LogP contribution is -2.50. The summed E-state index contributed by atoms with van der Waals surface area (Å²) in [6, 6.07) is -0.672. The molecule has 28 heavy (non-hydrogen) atoms. The summed E-state index contributed by atoms with van der Waals surface area (Å²) in [5.41, 5.74) is 0. The van der Waals surface area contributed by atoms with E-state index in [1.165, 1.54) is 7.11 Å². The monoisotopic (exact) mass is 426 g/mol. The van der Waals surface area contributed by atoms with E-state index in [0.717, 1.165) is 0 Å². The van der Waals surface area contributed by atoms with Crippen LogP contribution in [0, 0.1) is 5.92 Å². The van der Waals surface area contributed by atoms with Crippen LogP contribution < -0.4 is 21.3 Å². The van der Waals surface area contributed by atoms with Gasteiger partial charge in [0.1, 0.15) is 18.4 Å². The molecule has 1 rings (SSSR count). The predicted octanol–water partition coefficient (Wildman–Crippen LogP) is -0.416. The van der Waals surface area contributed by atoms with Crippen LogP contribution in [0.5, 0.6) is 0 Å². The number of hydrogen-bond donors (Lipinski definition) is 4. The second kappa shape index (κ2) is 12.6. The molecule has 0 aromatic carbocycles. The van der Waals surface area contributed by atoms with Gasteiger partial charge in [-0.25, -0.2) is 0 Å². The van der Waals surface area contributed by atoms with E-state index in [1.807, 2.05) is 6.26 Å². The molecule has 0 aromatic rings. The summed E-state index contributed by atoms with van der Waals surface area (Å²) >= 11 is 1.57. The first-order chi connectivity index (χ1) is 13.3. The Morgan fingerprint density at radius 3 is 2.46 bits per heavy atom. The van der Waals surface area contributed by atoms with Crippen LogP contribution in [-0.2, 0) is 28.7 Å². The lowest BCUT2D eigenvalue weighted by atomic mass is 10.1. The molecule has 0 aromatic heterocycles. The molecule has 1 fully saturated rings. The average Bonchev–Trinajstić information content (AvgIpc) is 3.43. The van der Waals surface area contributed by atoms with E-state index in [-0.39, 0.29) is 55.4 Å². The zero-order valence-electron chi connectivity index (χ0n) is 16.7. The number of epoxide rings is 1. The zero-order valence-corrected chi connectivity index (χ0v) is 17.5. The third-order valence-corrected chi connectivity index (χ3v) is 4.59. The van der Waals surface area contributed by atoms with Gasteiger partial charge in [-0.1, -0.05) is 13.8 Å². The maximum atomic E-state index is 12.3. The lowest BCUT2D eigenvalue weighted by Gasteiger charge is -2.19. The van der Waals surface area contributed by atoms with E-state index < -0.39 is 17.9 Å². The maximum Gasteiger partial charge on any atom is 0.319 e. The summed E-state index contributed by atoms with van der Waals surface area (Å²) in [6.45, 7) is 3.59. The van der Waals surface area contributed by atoms with Gasteiger partial charge < -0.3 is 25.4 Å². The van der Waals surface area contributed by atoms with Gasteiger partial charge in [0.05, 0.1) is 20.2 Å². The molecule has 10 nitrogen and oxygen atoms in total. The number of carbonyl (C=O) groups excluding carboxylic acids is 4. The van der Waals surface area contributed by atoms with Gasteiger partial charge in [-0.05, 0) is 18.4 Å². The molecule has 1 aliphatic rings. The SMILES string of the molecule is COC(=O)CNC1OC1CNC(=O)CNC(=O)[C@H](CCSC)NC(=O)C(C)C.[HH].[HH].[HH].[HH]. The Balaban J connectivity index is -0.000000980. The van der Waals surface area contributed by atoms with Crippen molar-refractivity contribution in [1.82, 2.24) is 21.3 Å². The highest BCUT2D eigenvalue weighted by Gasteiger charge is 2.38. The van der Waals surface area contributed by atoms with Crippen molar-refractivity contribution < 1.29 is 34.4 Å². The molecule has 3 atom stereocenters. The van der Waals surface area contributed by atoms with Crippen molar-refractivity contribution in [2.75, 3.05) is 38.8 Å². The quantitative estimate of drug-likeness (QED) is 0.230. The third-order valence-electron chi connectivity index (χ3n) is 3.95. The van der Waals surface area contributed by atoms with Gasteiger partial charge in [0.15, 0.2) is 0 Å². The maximum absolute atomic E-state index is 12.3. The average molecular weight is 427 g/mol. The summed E-state index contributed by atoms with van der Waals surface area (Å²) in [7, 11) is 1.30. The van der Waals surface area contributed by atoms with Crippen molar-refractivity contribution in [3.8, 4) is 0 Å². The number of nitrogens with one attached hydrogen (secondary N) is 4. The number of ether oxygens (including phenoxy) is 2. The number of rotatable bonds is 13. The Hall–Kier alpha value is -1.85. The molecular weight excluding hydrogens is 388 g/mol. The van der Waals surface area contributed by atoms with E-state index in [4.69, 9.17) is 4.74 Å². The van der Waals surface area contributed by atoms with Gasteiger partial charge in [0.25, 0.3) is 0 Å². The number of thioether (sulfide) groups is 1. The standard InChI is InChI=1S/C17H30N4O6S.4H2/c1-10(2)15(24)21-11(5-6-28-4)16(25)19-8-13(22)18-7-12-17(27-12)20-9-14(23)26-3;;;;/h10-12,17,20H,5-9H2,1-4H3,(H,18,22)(H,19,25)(H,21,24);4*1H/t11-,12?,17?;;;;/m0..../s1. The van der Waals surface area contributed by atoms with E-state index in [1.54, 1.807) is 25.6 Å². The first kappa shape index (κ1) is 24.2. The molecule has 11 heteroatoms. The number of esters is 1. The fourth-order valence-corrected chi connectivity index (χ4v) is 2.62. The molecule has 4 N–H and O–H groups in total. The van der Waals surface area contributed by atoms with Crippen LogP contribution in [-0.4, -0.2) is 80.8 Å². The predicted molar refractivity (Wildman–Crippen MR) is 113 cm³/mol. The summed E-state index contributed by atoms with van der Waals surface area (Å²) in [5.74, 6) is -0.884. The summed E-state index contributed by atoms with van der Waals surface area (Å²) in [4.78, 5) is 47.1. The topological polar surface area (TPSA) is 138 Å². The fourth-order valence-electron chi connectivity index (χ4n) is 2.14. The highest BCUT2D eigenvalue weighted by Crippen LogP contribution is 2.17. The fraction of sp³-hybridized carbons (Fsp3) is 0.765. The molecule has 0 saturated carbocycles. The molecular formula is C17H38N4O6S. The van der Waals surface area contributed by atoms with Crippen LogP contribution in [0.2, 0.25) is 0 Å². The molecule has 0 aliphatic carbocycles. The minimum Gasteiger partial charge on any atom is -0.468 e. The second-order valence-electron chi connectivity index (χ2n) is 6.57. The van der Waals surface area contributed by atoms with Gasteiger partial charge in [0, 0.05) is 18.2 Å². The Morgan fingerprint density at radius 1 is 1.14 bits per heavy atom. The Morgan fingerprint density at radius 2 is 1.86 bits per heavy atom. The number of methoxy groups -OCH3 is 1. The van der Waals surface area contributed by atoms with Gasteiger partial charge in [-0.3, -0.25) is 24.5 Å². The summed E-state index contributed by atoms with van der Waals surface area (Å²) < 4.78 is 9.77. The normalized spacial score (nSPS) is 18.9. The molecule has 3 amide bonds. The van der Waals surface area contributed by atoms with Crippen LogP contribution in [0.25, 0.3) is 0 Å². The molecule has 2 unspecified atom stereocenters. The van der Waals surface area contributed by atoms with Crippen molar-refractivity contribution in [2.24, 2.45) is 5.92 Å². The Bertz CT molecular complexity index is 577.